The van der Waals surface area contributed by atoms with Crippen LogP contribution in [0.25, 0.3) is 11.0 Å². The second-order valence-corrected chi connectivity index (χ2v) is 12.9. The van der Waals surface area contributed by atoms with E-state index in [1.165, 1.54) is 10.6 Å². The molecule has 0 saturated carbocycles. The van der Waals surface area contributed by atoms with Crippen molar-refractivity contribution in [2.24, 2.45) is 0 Å². The maximum Gasteiger partial charge on any atom is 0.418 e. The van der Waals surface area contributed by atoms with Crippen LogP contribution >= 0.6 is 23.2 Å². The summed E-state index contributed by atoms with van der Waals surface area (Å²) in [4.78, 5) is 3.97. The van der Waals surface area contributed by atoms with Crippen LogP contribution in [0.3, 0.4) is 0 Å². The lowest BCUT2D eigenvalue weighted by molar-refractivity contribution is -0.136. The van der Waals surface area contributed by atoms with Gasteiger partial charge in [0, 0.05) is 26.3 Å². The molecule has 128 valence electrons. The Kier molecular flexibility index (Phi) is 5.35. The molecule has 3 nitrogen and oxygen atoms in total. The molecule has 0 saturated heterocycles. The molecule has 0 aliphatic carbocycles. The van der Waals surface area contributed by atoms with E-state index in [-0.39, 0.29) is 27.9 Å². The molecule has 0 spiro atoms. The number of hydrogen-bond acceptors (Lipinski definition) is 2. The van der Waals surface area contributed by atoms with Crippen molar-refractivity contribution >= 4 is 42.3 Å². The van der Waals surface area contributed by atoms with Crippen molar-refractivity contribution in [3.8, 4) is 0 Å². The quantitative estimate of drug-likeness (QED) is 0.377. The fourth-order valence-corrected chi connectivity index (χ4v) is 3.36. The molecule has 2 heterocycles. The van der Waals surface area contributed by atoms with E-state index in [0.29, 0.717) is 6.61 Å². The predicted molar refractivity (Wildman–Crippen MR) is 88.9 cm³/mol. The Labute approximate surface area is 143 Å². The lowest BCUT2D eigenvalue weighted by Crippen LogP contribution is -2.22. The molecule has 0 aromatic carbocycles. The molecule has 0 bridgehead atoms. The Hall–Kier alpha value is -0.763. The maximum absolute atomic E-state index is 13.2. The van der Waals surface area contributed by atoms with Gasteiger partial charge in [0.15, 0.2) is 0 Å². The number of alkyl halides is 3. The molecule has 2 aromatic heterocycles. The fourth-order valence-electron chi connectivity index (χ4n) is 2.07. The second-order valence-electron chi connectivity index (χ2n) is 6.48. The van der Waals surface area contributed by atoms with Gasteiger partial charge in [-0.1, -0.05) is 42.8 Å². The van der Waals surface area contributed by atoms with Gasteiger partial charge in [0.05, 0.1) is 10.6 Å². The van der Waals surface area contributed by atoms with Crippen molar-refractivity contribution in [1.29, 1.82) is 0 Å². The van der Waals surface area contributed by atoms with Gasteiger partial charge in [-0.05, 0) is 12.1 Å². The van der Waals surface area contributed by atoms with E-state index in [0.717, 1.165) is 12.2 Å². The number of aromatic nitrogens is 2. The van der Waals surface area contributed by atoms with Gasteiger partial charge in [0.1, 0.15) is 17.5 Å². The number of hydrogen-bond donors (Lipinski definition) is 0. The summed E-state index contributed by atoms with van der Waals surface area (Å²) in [6.07, 6.45) is -3.56. The fraction of sp³-hybridized carbons (Fsp3) is 0.500. The van der Waals surface area contributed by atoms with Gasteiger partial charge in [-0.25, -0.2) is 4.98 Å². The molecule has 23 heavy (non-hydrogen) atoms. The van der Waals surface area contributed by atoms with Gasteiger partial charge in [0.25, 0.3) is 0 Å². The summed E-state index contributed by atoms with van der Waals surface area (Å²) in [6, 6.07) is 2.13. The molecule has 2 aromatic rings. The highest BCUT2D eigenvalue weighted by Gasteiger charge is 2.36. The third-order valence-corrected chi connectivity index (χ3v) is 5.48. The van der Waals surface area contributed by atoms with E-state index >= 15 is 0 Å². The molecule has 0 N–H and O–H groups in total. The van der Waals surface area contributed by atoms with E-state index in [2.05, 4.69) is 24.6 Å². The molecule has 2 rings (SSSR count). The summed E-state index contributed by atoms with van der Waals surface area (Å²) in [5.41, 5.74) is -0.765. The van der Waals surface area contributed by atoms with Crippen LogP contribution in [-0.4, -0.2) is 24.2 Å². The lowest BCUT2D eigenvalue weighted by Gasteiger charge is -2.15. The van der Waals surface area contributed by atoms with Crippen LogP contribution in [0.5, 0.6) is 0 Å². The van der Waals surface area contributed by atoms with Gasteiger partial charge >= 0.3 is 6.18 Å². The number of nitrogens with zero attached hydrogens (tertiary/aromatic N) is 2. The number of halogens is 5. The topological polar surface area (TPSA) is 27.1 Å². The van der Waals surface area contributed by atoms with Crippen LogP contribution in [-0.2, 0) is 17.6 Å². The standard InChI is InChI=1S/C14H17Cl2F3N2OSi/c1-23(2,3)5-4-22-8-21-7-9(14(17,18)19)12-10(15)6-11(16)20-13(12)21/h6-7H,4-5,8H2,1-3H3. The molecule has 0 atom stereocenters. The molecule has 0 fully saturated rings. The first kappa shape index (κ1) is 18.6. The zero-order valence-corrected chi connectivity index (χ0v) is 15.5. The Morgan fingerprint density at radius 3 is 2.48 bits per heavy atom. The molecule has 9 heteroatoms. The monoisotopic (exact) mass is 384 g/mol. The minimum atomic E-state index is -4.53. The normalized spacial score (nSPS) is 13.0. The molecule has 0 aliphatic rings. The largest absolute Gasteiger partial charge is 0.418 e. The van der Waals surface area contributed by atoms with E-state index in [1.807, 2.05) is 0 Å². The van der Waals surface area contributed by atoms with E-state index in [1.54, 1.807) is 0 Å². The van der Waals surface area contributed by atoms with E-state index < -0.39 is 19.8 Å². The van der Waals surface area contributed by atoms with Crippen molar-refractivity contribution in [3.05, 3.63) is 28.0 Å². The number of fused-ring (bicyclic) bond motifs is 1. The average Bonchev–Trinajstić information content (AvgIpc) is 2.72. The average molecular weight is 385 g/mol. The smallest absolute Gasteiger partial charge is 0.361 e. The van der Waals surface area contributed by atoms with Crippen LogP contribution in [0.4, 0.5) is 13.2 Å². The summed E-state index contributed by atoms with van der Waals surface area (Å²) in [5, 5.41) is -0.191. The molecular formula is C14H17Cl2F3N2OSi. The minimum Gasteiger partial charge on any atom is -0.361 e. The zero-order chi connectivity index (χ0) is 17.4. The number of ether oxygens (including phenoxy) is 1. The molecule has 0 aliphatic heterocycles. The van der Waals surface area contributed by atoms with Crippen LogP contribution in [0.2, 0.25) is 35.9 Å². The minimum absolute atomic E-state index is 0.0271. The Balaban J connectivity index is 2.33. The number of rotatable bonds is 5. The van der Waals surface area contributed by atoms with Crippen molar-refractivity contribution in [1.82, 2.24) is 9.55 Å². The summed E-state index contributed by atoms with van der Waals surface area (Å²) in [6.45, 7) is 7.06. The summed E-state index contributed by atoms with van der Waals surface area (Å²) >= 11 is 11.8. The van der Waals surface area contributed by atoms with Crippen molar-refractivity contribution in [3.63, 3.8) is 0 Å². The predicted octanol–water partition coefficient (Wildman–Crippen LogP) is 5.67. The first-order chi connectivity index (χ1) is 10.5. The zero-order valence-electron chi connectivity index (χ0n) is 13.0. The summed E-state index contributed by atoms with van der Waals surface area (Å²) in [7, 11) is -1.26. The summed E-state index contributed by atoms with van der Waals surface area (Å²) < 4.78 is 46.4. The Bertz CT molecular complexity index is 711. The van der Waals surface area contributed by atoms with Gasteiger partial charge in [-0.15, -0.1) is 0 Å². The maximum atomic E-state index is 13.2. The van der Waals surface area contributed by atoms with E-state index in [9.17, 15) is 13.2 Å². The van der Waals surface area contributed by atoms with Crippen LogP contribution < -0.4 is 0 Å². The third kappa shape index (κ3) is 4.62. The SMILES string of the molecule is C[Si](C)(C)CCOCn1cc(C(F)(F)F)c2c(Cl)cc(Cl)nc21. The van der Waals surface area contributed by atoms with E-state index in [4.69, 9.17) is 27.9 Å². The highest BCUT2D eigenvalue weighted by molar-refractivity contribution is 6.76. The second kappa shape index (κ2) is 6.62. The first-order valence-electron chi connectivity index (χ1n) is 6.99. The molecule has 0 amide bonds. The van der Waals surface area contributed by atoms with Crippen LogP contribution in [0, 0.1) is 0 Å². The van der Waals surface area contributed by atoms with Crippen molar-refractivity contribution < 1.29 is 17.9 Å². The molecule has 0 unspecified atom stereocenters. The van der Waals surface area contributed by atoms with Gasteiger partial charge < -0.3 is 9.30 Å². The van der Waals surface area contributed by atoms with Crippen LogP contribution in [0.1, 0.15) is 5.56 Å². The molecule has 0 radical (unpaired) electrons. The highest BCUT2D eigenvalue weighted by Crippen LogP contribution is 2.39. The van der Waals surface area contributed by atoms with Gasteiger partial charge in [-0.2, -0.15) is 13.2 Å². The highest BCUT2D eigenvalue weighted by atomic mass is 35.5. The number of pyridine rings is 1. The Morgan fingerprint density at radius 1 is 1.26 bits per heavy atom. The third-order valence-electron chi connectivity index (χ3n) is 3.28. The van der Waals surface area contributed by atoms with Crippen LogP contribution in [0.15, 0.2) is 12.3 Å². The molecular weight excluding hydrogens is 368 g/mol. The van der Waals surface area contributed by atoms with Gasteiger partial charge in [0.2, 0.25) is 0 Å². The Morgan fingerprint density at radius 2 is 1.91 bits per heavy atom. The van der Waals surface area contributed by atoms with Crippen molar-refractivity contribution in [2.75, 3.05) is 6.61 Å². The van der Waals surface area contributed by atoms with Gasteiger partial charge in [-0.3, -0.25) is 0 Å². The summed E-state index contributed by atoms with van der Waals surface area (Å²) in [5.74, 6) is 0. The first-order valence-corrected chi connectivity index (χ1v) is 11.5. The van der Waals surface area contributed by atoms with Crippen molar-refractivity contribution in [2.45, 2.75) is 38.6 Å². The lowest BCUT2D eigenvalue weighted by atomic mass is 10.2.